The summed E-state index contributed by atoms with van der Waals surface area (Å²) in [7, 11) is 0. The molecule has 2 aromatic rings. The van der Waals surface area contributed by atoms with Gasteiger partial charge in [0.05, 0.1) is 13.1 Å². The predicted molar refractivity (Wildman–Crippen MR) is 61.8 cm³/mol. The van der Waals surface area contributed by atoms with Gasteiger partial charge in [-0.25, -0.2) is 4.98 Å². The van der Waals surface area contributed by atoms with Gasteiger partial charge >= 0.3 is 0 Å². The first-order chi connectivity index (χ1) is 7.90. The average Bonchev–Trinajstić information content (AvgIpc) is 2.94. The molecule has 0 amide bonds. The van der Waals surface area contributed by atoms with Crippen molar-refractivity contribution in [2.45, 2.75) is 26.6 Å². The van der Waals surface area contributed by atoms with Crippen LogP contribution in [-0.4, -0.2) is 25.9 Å². The van der Waals surface area contributed by atoms with E-state index in [1.54, 1.807) is 6.20 Å². The molecule has 0 aromatic carbocycles. The van der Waals surface area contributed by atoms with E-state index in [1.165, 1.54) is 0 Å². The first kappa shape index (κ1) is 10.9. The first-order valence-corrected chi connectivity index (χ1v) is 5.58. The zero-order valence-electron chi connectivity index (χ0n) is 9.50. The molecule has 0 saturated carbocycles. The van der Waals surface area contributed by atoms with Crippen molar-refractivity contribution in [1.82, 2.24) is 24.6 Å². The fraction of sp³-hybridized carbons (Fsp3) is 0.455. The molecule has 2 rings (SSSR count). The van der Waals surface area contributed by atoms with Gasteiger partial charge in [-0.3, -0.25) is 4.68 Å². The Labute approximate surface area is 95.1 Å². The predicted octanol–water partition coefficient (Wildman–Crippen LogP) is 0.889. The van der Waals surface area contributed by atoms with E-state index >= 15 is 0 Å². The smallest absolute Gasteiger partial charge is 0.122 e. The summed E-state index contributed by atoms with van der Waals surface area (Å²) in [6.07, 6.45) is 7.63. The lowest BCUT2D eigenvalue weighted by molar-refractivity contribution is 0.512. The normalized spacial score (nSPS) is 10.8. The monoisotopic (exact) mass is 219 g/mol. The molecule has 1 N–H and O–H groups in total. The minimum atomic E-state index is 0.822. The maximum absolute atomic E-state index is 4.32. The van der Waals surface area contributed by atoms with Crippen molar-refractivity contribution in [3.8, 4) is 0 Å². The van der Waals surface area contributed by atoms with E-state index in [2.05, 4.69) is 26.9 Å². The van der Waals surface area contributed by atoms with Crippen LogP contribution in [0.25, 0.3) is 0 Å². The Morgan fingerprint density at radius 3 is 2.94 bits per heavy atom. The number of aryl methyl sites for hydroxylation is 2. The van der Waals surface area contributed by atoms with Crippen molar-refractivity contribution < 1.29 is 0 Å². The number of aromatic nitrogens is 4. The highest BCUT2D eigenvalue weighted by atomic mass is 15.3. The maximum Gasteiger partial charge on any atom is 0.122 e. The summed E-state index contributed by atoms with van der Waals surface area (Å²) in [5.41, 5.74) is 0. The third kappa shape index (κ3) is 2.70. The second kappa shape index (κ2) is 5.46. The maximum atomic E-state index is 4.32. The van der Waals surface area contributed by atoms with Crippen molar-refractivity contribution in [2.75, 3.05) is 6.54 Å². The third-order valence-corrected chi connectivity index (χ3v) is 2.46. The van der Waals surface area contributed by atoms with Crippen LogP contribution in [0.3, 0.4) is 0 Å². The minimum absolute atomic E-state index is 0.822. The van der Waals surface area contributed by atoms with Gasteiger partial charge in [-0.2, -0.15) is 5.10 Å². The number of imidazole rings is 1. The molecule has 16 heavy (non-hydrogen) atoms. The van der Waals surface area contributed by atoms with Crippen molar-refractivity contribution in [3.05, 3.63) is 36.7 Å². The summed E-state index contributed by atoms with van der Waals surface area (Å²) in [6.45, 7) is 5.66. The van der Waals surface area contributed by atoms with Crippen LogP contribution >= 0.6 is 0 Å². The Bertz CT molecular complexity index is 404. The molecule has 0 bridgehead atoms. The van der Waals surface area contributed by atoms with Crippen molar-refractivity contribution in [2.24, 2.45) is 0 Å². The molecule has 0 fully saturated rings. The quantitative estimate of drug-likeness (QED) is 0.785. The molecule has 0 atom stereocenters. The highest BCUT2D eigenvalue weighted by Gasteiger charge is 2.01. The van der Waals surface area contributed by atoms with Gasteiger partial charge in [-0.1, -0.05) is 6.92 Å². The van der Waals surface area contributed by atoms with Crippen molar-refractivity contribution in [1.29, 1.82) is 0 Å². The number of hydrogen-bond acceptors (Lipinski definition) is 3. The first-order valence-electron chi connectivity index (χ1n) is 5.58. The summed E-state index contributed by atoms with van der Waals surface area (Å²) >= 11 is 0. The molecule has 0 aliphatic carbocycles. The fourth-order valence-electron chi connectivity index (χ4n) is 1.59. The molecular weight excluding hydrogens is 202 g/mol. The molecule has 0 aliphatic rings. The van der Waals surface area contributed by atoms with E-state index in [4.69, 9.17) is 0 Å². The molecule has 0 spiro atoms. The molecule has 0 radical (unpaired) electrons. The van der Waals surface area contributed by atoms with Crippen LogP contribution in [0.15, 0.2) is 30.9 Å². The van der Waals surface area contributed by atoms with Crippen LogP contribution in [0.1, 0.15) is 12.7 Å². The number of nitrogens with zero attached hydrogens (tertiary/aromatic N) is 4. The van der Waals surface area contributed by atoms with E-state index < -0.39 is 0 Å². The van der Waals surface area contributed by atoms with E-state index in [1.807, 2.05) is 29.3 Å². The highest BCUT2D eigenvalue weighted by molar-refractivity contribution is 4.91. The van der Waals surface area contributed by atoms with Gasteiger partial charge < -0.3 is 9.88 Å². The van der Waals surface area contributed by atoms with Gasteiger partial charge in [0.1, 0.15) is 5.82 Å². The molecule has 0 saturated heterocycles. The van der Waals surface area contributed by atoms with Crippen LogP contribution in [0, 0.1) is 0 Å². The highest BCUT2D eigenvalue weighted by Crippen LogP contribution is 1.98. The second-order valence-corrected chi connectivity index (χ2v) is 3.59. The van der Waals surface area contributed by atoms with E-state index in [-0.39, 0.29) is 0 Å². The lowest BCUT2D eigenvalue weighted by Crippen LogP contribution is -2.17. The average molecular weight is 219 g/mol. The molecule has 5 nitrogen and oxygen atoms in total. The second-order valence-electron chi connectivity index (χ2n) is 3.59. The van der Waals surface area contributed by atoms with Gasteiger partial charge in [0.2, 0.25) is 0 Å². The third-order valence-electron chi connectivity index (χ3n) is 2.46. The number of rotatable bonds is 6. The molecule has 0 aliphatic heterocycles. The van der Waals surface area contributed by atoms with Crippen molar-refractivity contribution in [3.63, 3.8) is 0 Å². The van der Waals surface area contributed by atoms with Crippen molar-refractivity contribution >= 4 is 0 Å². The fourth-order valence-corrected chi connectivity index (χ4v) is 1.59. The summed E-state index contributed by atoms with van der Waals surface area (Å²) in [5.74, 6) is 1.08. The molecule has 2 heterocycles. The Hall–Kier alpha value is -1.62. The van der Waals surface area contributed by atoms with E-state index in [0.717, 1.165) is 32.0 Å². The lowest BCUT2D eigenvalue weighted by atomic mass is 10.5. The zero-order chi connectivity index (χ0) is 11.2. The molecule has 0 unspecified atom stereocenters. The Balaban J connectivity index is 1.91. The van der Waals surface area contributed by atoms with Gasteiger partial charge in [0.25, 0.3) is 0 Å². The van der Waals surface area contributed by atoms with Gasteiger partial charge in [0, 0.05) is 31.3 Å². The Morgan fingerprint density at radius 1 is 1.25 bits per heavy atom. The molecular formula is C11H17N5. The summed E-state index contributed by atoms with van der Waals surface area (Å²) < 4.78 is 4.08. The lowest BCUT2D eigenvalue weighted by Gasteiger charge is -2.08. The standard InChI is InChI=1S/C11H17N5/c1-2-12-10-11-13-5-7-15(11)8-9-16-6-3-4-14-16/h3-7,12H,2,8-10H2,1H3. The topological polar surface area (TPSA) is 47.7 Å². The van der Waals surface area contributed by atoms with E-state index in [0.29, 0.717) is 0 Å². The summed E-state index contributed by atoms with van der Waals surface area (Å²) in [4.78, 5) is 4.32. The molecule has 86 valence electrons. The van der Waals surface area contributed by atoms with Crippen LogP contribution in [-0.2, 0) is 19.6 Å². The summed E-state index contributed by atoms with van der Waals surface area (Å²) in [6, 6.07) is 1.94. The summed E-state index contributed by atoms with van der Waals surface area (Å²) in [5, 5.41) is 7.45. The molecule has 5 heteroatoms. The number of nitrogens with one attached hydrogen (secondary N) is 1. The van der Waals surface area contributed by atoms with Gasteiger partial charge in [-0.05, 0) is 12.6 Å². The van der Waals surface area contributed by atoms with Crippen LogP contribution in [0.4, 0.5) is 0 Å². The Morgan fingerprint density at radius 2 is 2.19 bits per heavy atom. The minimum Gasteiger partial charge on any atom is -0.332 e. The largest absolute Gasteiger partial charge is 0.332 e. The van der Waals surface area contributed by atoms with Gasteiger partial charge in [-0.15, -0.1) is 0 Å². The van der Waals surface area contributed by atoms with Gasteiger partial charge in [0.15, 0.2) is 0 Å². The molecule has 2 aromatic heterocycles. The van der Waals surface area contributed by atoms with Crippen LogP contribution < -0.4 is 5.32 Å². The Kier molecular flexibility index (Phi) is 3.71. The van der Waals surface area contributed by atoms with E-state index in [9.17, 15) is 0 Å². The number of hydrogen-bond donors (Lipinski definition) is 1. The SMILES string of the molecule is CCNCc1nccn1CCn1cccn1. The van der Waals surface area contributed by atoms with Crippen LogP contribution in [0.5, 0.6) is 0 Å². The zero-order valence-corrected chi connectivity index (χ0v) is 9.50. The van der Waals surface area contributed by atoms with Crippen LogP contribution in [0.2, 0.25) is 0 Å².